The van der Waals surface area contributed by atoms with Crippen LogP contribution in [0.3, 0.4) is 0 Å². The zero-order chi connectivity index (χ0) is 13.9. The summed E-state index contributed by atoms with van der Waals surface area (Å²) < 4.78 is 30.9. The fraction of sp³-hybridized carbons (Fsp3) is 0.500. The van der Waals surface area contributed by atoms with Crippen LogP contribution >= 0.6 is 0 Å². The maximum atomic E-state index is 12.5. The molecule has 0 spiro atoms. The zero-order valence-corrected chi connectivity index (χ0v) is 11.5. The first-order chi connectivity index (χ1) is 9.07. The molecule has 0 aromatic carbocycles. The summed E-state index contributed by atoms with van der Waals surface area (Å²) in [7, 11) is -2.43. The Morgan fingerprint density at radius 3 is 2.89 bits per heavy atom. The zero-order valence-electron chi connectivity index (χ0n) is 10.7. The van der Waals surface area contributed by atoms with Crippen molar-refractivity contribution in [1.29, 1.82) is 0 Å². The number of aromatic nitrogens is 1. The van der Waals surface area contributed by atoms with Crippen molar-refractivity contribution in [2.75, 3.05) is 13.7 Å². The van der Waals surface area contributed by atoms with Crippen LogP contribution in [0.15, 0.2) is 29.4 Å². The number of rotatable bonds is 3. The Bertz CT molecular complexity index is 544. The van der Waals surface area contributed by atoms with E-state index in [0.717, 1.165) is 12.8 Å². The fourth-order valence-corrected chi connectivity index (χ4v) is 3.81. The highest BCUT2D eigenvalue weighted by molar-refractivity contribution is 7.89. The quantitative estimate of drug-likeness (QED) is 0.767. The summed E-state index contributed by atoms with van der Waals surface area (Å²) in [6.45, 7) is 0.330. The van der Waals surface area contributed by atoms with E-state index < -0.39 is 22.0 Å². The number of esters is 1. The number of hydrogen-bond donors (Lipinski definition) is 0. The van der Waals surface area contributed by atoms with E-state index in [-0.39, 0.29) is 4.90 Å². The molecule has 7 heteroatoms. The Hall–Kier alpha value is -1.47. The van der Waals surface area contributed by atoms with Gasteiger partial charge in [-0.25, -0.2) is 8.42 Å². The number of carbonyl (C=O) groups is 1. The minimum atomic E-state index is -3.70. The molecule has 0 saturated carbocycles. The Morgan fingerprint density at radius 2 is 2.26 bits per heavy atom. The third-order valence-corrected chi connectivity index (χ3v) is 5.06. The van der Waals surface area contributed by atoms with Crippen molar-refractivity contribution < 1.29 is 17.9 Å². The smallest absolute Gasteiger partial charge is 0.324 e. The summed E-state index contributed by atoms with van der Waals surface area (Å²) in [6.07, 6.45) is 4.85. The van der Waals surface area contributed by atoms with Crippen molar-refractivity contribution in [2.45, 2.75) is 30.2 Å². The van der Waals surface area contributed by atoms with Gasteiger partial charge in [0.25, 0.3) is 0 Å². The molecule has 0 unspecified atom stereocenters. The van der Waals surface area contributed by atoms with E-state index in [1.54, 1.807) is 6.07 Å². The summed E-state index contributed by atoms with van der Waals surface area (Å²) >= 11 is 0. The minimum absolute atomic E-state index is 0.103. The van der Waals surface area contributed by atoms with E-state index >= 15 is 0 Å². The average molecular weight is 284 g/mol. The SMILES string of the molecule is COC(=O)[C@H]1CCCCN1S(=O)(=O)c1cccnc1. The number of methoxy groups -OCH3 is 1. The van der Waals surface area contributed by atoms with Gasteiger partial charge in [0.05, 0.1) is 7.11 Å². The molecule has 1 aliphatic heterocycles. The molecular weight excluding hydrogens is 268 g/mol. The van der Waals surface area contributed by atoms with Crippen molar-refractivity contribution in [2.24, 2.45) is 0 Å². The summed E-state index contributed by atoms with van der Waals surface area (Å²) in [6, 6.07) is 2.30. The van der Waals surface area contributed by atoms with Crippen molar-refractivity contribution in [3.8, 4) is 0 Å². The van der Waals surface area contributed by atoms with Crippen LogP contribution in [0.4, 0.5) is 0 Å². The molecule has 2 rings (SSSR count). The van der Waals surface area contributed by atoms with Crippen LogP contribution in [-0.4, -0.2) is 43.4 Å². The van der Waals surface area contributed by atoms with E-state index in [4.69, 9.17) is 4.74 Å². The molecule has 2 heterocycles. The molecule has 1 saturated heterocycles. The van der Waals surface area contributed by atoms with Gasteiger partial charge in [-0.05, 0) is 31.4 Å². The molecule has 0 radical (unpaired) electrons. The molecular formula is C12H16N2O4S. The van der Waals surface area contributed by atoms with Gasteiger partial charge in [-0.15, -0.1) is 0 Å². The molecule has 104 valence electrons. The minimum Gasteiger partial charge on any atom is -0.468 e. The van der Waals surface area contributed by atoms with Gasteiger partial charge in [0.15, 0.2) is 0 Å². The Balaban J connectivity index is 2.35. The van der Waals surface area contributed by atoms with Crippen LogP contribution in [0.1, 0.15) is 19.3 Å². The van der Waals surface area contributed by atoms with Crippen molar-refractivity contribution in [3.05, 3.63) is 24.5 Å². The third kappa shape index (κ3) is 2.76. The summed E-state index contributed by atoms with van der Waals surface area (Å²) in [5.41, 5.74) is 0. The van der Waals surface area contributed by atoms with E-state index in [2.05, 4.69) is 4.98 Å². The number of ether oxygens (including phenoxy) is 1. The van der Waals surface area contributed by atoms with Gasteiger partial charge in [0.2, 0.25) is 10.0 Å². The van der Waals surface area contributed by atoms with Crippen LogP contribution in [0.2, 0.25) is 0 Å². The summed E-state index contributed by atoms with van der Waals surface area (Å²) in [4.78, 5) is 15.6. The molecule has 1 fully saturated rings. The number of pyridine rings is 1. The van der Waals surface area contributed by atoms with Gasteiger partial charge in [-0.2, -0.15) is 4.31 Å². The molecule has 1 aromatic heterocycles. The molecule has 1 aromatic rings. The van der Waals surface area contributed by atoms with Crippen LogP contribution in [0, 0.1) is 0 Å². The molecule has 6 nitrogen and oxygen atoms in total. The Labute approximate surface area is 112 Å². The molecule has 1 aliphatic rings. The standard InChI is InChI=1S/C12H16N2O4S/c1-18-12(15)11-6-2-3-8-14(11)19(16,17)10-5-4-7-13-9-10/h4-5,7,9,11H,2-3,6,8H2,1H3/t11-/m1/s1. The molecule has 19 heavy (non-hydrogen) atoms. The molecule has 0 aliphatic carbocycles. The molecule has 0 amide bonds. The number of nitrogens with zero attached hydrogens (tertiary/aromatic N) is 2. The maximum absolute atomic E-state index is 12.5. The lowest BCUT2D eigenvalue weighted by molar-refractivity contribution is -0.146. The van der Waals surface area contributed by atoms with Gasteiger partial charge in [-0.3, -0.25) is 9.78 Å². The molecule has 0 bridgehead atoms. The summed E-state index contributed by atoms with van der Waals surface area (Å²) in [5, 5.41) is 0. The Morgan fingerprint density at radius 1 is 1.47 bits per heavy atom. The predicted octanol–water partition coefficient (Wildman–Crippen LogP) is 0.798. The second-order valence-corrected chi connectivity index (χ2v) is 6.23. The van der Waals surface area contributed by atoms with Crippen molar-refractivity contribution in [3.63, 3.8) is 0 Å². The highest BCUT2D eigenvalue weighted by Gasteiger charge is 2.38. The second-order valence-electron chi connectivity index (χ2n) is 4.34. The Kier molecular flexibility index (Phi) is 4.16. The van der Waals surface area contributed by atoms with Gasteiger partial charge in [0, 0.05) is 18.9 Å². The van der Waals surface area contributed by atoms with Crippen molar-refractivity contribution >= 4 is 16.0 Å². The van der Waals surface area contributed by atoms with Gasteiger partial charge >= 0.3 is 5.97 Å². The number of hydrogen-bond acceptors (Lipinski definition) is 5. The first kappa shape index (κ1) is 14.0. The lowest BCUT2D eigenvalue weighted by Gasteiger charge is -2.32. The van der Waals surface area contributed by atoms with E-state index in [0.29, 0.717) is 13.0 Å². The first-order valence-electron chi connectivity index (χ1n) is 6.07. The van der Waals surface area contributed by atoms with Gasteiger partial charge < -0.3 is 4.74 Å². The highest BCUT2D eigenvalue weighted by Crippen LogP contribution is 2.25. The normalized spacial score (nSPS) is 21.0. The number of sulfonamides is 1. The second kappa shape index (κ2) is 5.66. The van der Waals surface area contributed by atoms with E-state index in [1.807, 2.05) is 0 Å². The third-order valence-electron chi connectivity index (χ3n) is 3.17. The predicted molar refractivity (Wildman–Crippen MR) is 67.8 cm³/mol. The van der Waals surface area contributed by atoms with Crippen LogP contribution < -0.4 is 0 Å². The number of piperidine rings is 1. The van der Waals surface area contributed by atoms with Crippen LogP contribution in [0.25, 0.3) is 0 Å². The topological polar surface area (TPSA) is 76.6 Å². The van der Waals surface area contributed by atoms with Gasteiger partial charge in [0.1, 0.15) is 10.9 Å². The largest absolute Gasteiger partial charge is 0.468 e. The summed E-state index contributed by atoms with van der Waals surface area (Å²) in [5.74, 6) is -0.507. The monoisotopic (exact) mass is 284 g/mol. The fourth-order valence-electron chi connectivity index (χ4n) is 2.20. The maximum Gasteiger partial charge on any atom is 0.324 e. The van der Waals surface area contributed by atoms with Crippen molar-refractivity contribution in [1.82, 2.24) is 9.29 Å². The highest BCUT2D eigenvalue weighted by atomic mass is 32.2. The van der Waals surface area contributed by atoms with Crippen LogP contribution in [0.5, 0.6) is 0 Å². The first-order valence-corrected chi connectivity index (χ1v) is 7.51. The van der Waals surface area contributed by atoms with E-state index in [9.17, 15) is 13.2 Å². The molecule has 0 N–H and O–H groups in total. The lowest BCUT2D eigenvalue weighted by atomic mass is 10.1. The van der Waals surface area contributed by atoms with E-state index in [1.165, 1.54) is 29.9 Å². The lowest BCUT2D eigenvalue weighted by Crippen LogP contribution is -2.48. The van der Waals surface area contributed by atoms with Crippen LogP contribution in [-0.2, 0) is 19.6 Å². The average Bonchev–Trinajstić information content (AvgIpc) is 2.47. The molecule has 1 atom stereocenters. The van der Waals surface area contributed by atoms with Gasteiger partial charge in [-0.1, -0.05) is 0 Å². The number of carbonyl (C=O) groups excluding carboxylic acids is 1.